The summed E-state index contributed by atoms with van der Waals surface area (Å²) in [6.45, 7) is 6.55. The maximum absolute atomic E-state index is 12.7. The van der Waals surface area contributed by atoms with Crippen LogP contribution in [0.15, 0.2) is 24.3 Å². The second-order valence-electron chi connectivity index (χ2n) is 14.4. The Morgan fingerprint density at radius 3 is 1.65 bits per heavy atom. The van der Waals surface area contributed by atoms with Crippen LogP contribution in [0.4, 0.5) is 0 Å². The van der Waals surface area contributed by atoms with Gasteiger partial charge in [0.2, 0.25) is 0 Å². The Morgan fingerprint density at radius 2 is 1.13 bits per heavy atom. The molecule has 0 radical (unpaired) electrons. The van der Waals surface area contributed by atoms with Gasteiger partial charge in [0.05, 0.1) is 36.1 Å². The molecule has 8 unspecified atom stereocenters. The fraction of sp³-hybridized carbons (Fsp3) is 0.846. The molecule has 4 fully saturated rings. The largest absolute Gasteiger partial charge is 0.458 e. The van der Waals surface area contributed by atoms with Gasteiger partial charge in [0.25, 0.3) is 0 Å². The van der Waals surface area contributed by atoms with E-state index in [1.165, 1.54) is 89.9 Å². The number of esters is 2. The molecule has 7 nitrogen and oxygen atoms in total. The Kier molecular flexibility index (Phi) is 16.1. The molecule has 0 aromatic heterocycles. The SMILES string of the molecule is CCCCCCCCC1OC1CC=CCCC(=O)OC1CC2OC2(C)CC1OC(=O)CCC=CCC1OC1CCCCCCCC. The smallest absolute Gasteiger partial charge is 0.306 e. The van der Waals surface area contributed by atoms with Crippen molar-refractivity contribution < 1.29 is 33.3 Å². The van der Waals surface area contributed by atoms with Crippen LogP contribution in [0, 0.1) is 0 Å². The Bertz CT molecular complexity index is 962. The maximum Gasteiger partial charge on any atom is 0.306 e. The molecule has 0 N–H and O–H groups in total. The van der Waals surface area contributed by atoms with Crippen molar-refractivity contribution in [3.05, 3.63) is 24.3 Å². The van der Waals surface area contributed by atoms with Gasteiger partial charge in [-0.2, -0.15) is 0 Å². The van der Waals surface area contributed by atoms with Crippen molar-refractivity contribution in [2.45, 2.75) is 210 Å². The minimum atomic E-state index is -0.460. The van der Waals surface area contributed by atoms with Crippen LogP contribution in [0.5, 0.6) is 0 Å². The molecule has 3 saturated heterocycles. The first-order valence-corrected chi connectivity index (χ1v) is 19.1. The van der Waals surface area contributed by atoms with Crippen LogP contribution in [0.25, 0.3) is 0 Å². The summed E-state index contributed by atoms with van der Waals surface area (Å²) in [6.07, 6.45) is 32.1. The molecule has 7 heteroatoms. The Labute approximate surface area is 279 Å². The molecule has 3 heterocycles. The molecular weight excluding hydrogens is 580 g/mol. The zero-order valence-corrected chi connectivity index (χ0v) is 29.3. The van der Waals surface area contributed by atoms with Crippen LogP contribution in [0.1, 0.15) is 162 Å². The lowest BCUT2D eigenvalue weighted by Gasteiger charge is -2.31. The number of rotatable bonds is 26. The molecule has 4 aliphatic rings. The molecule has 1 saturated carbocycles. The molecule has 0 aromatic rings. The third-order valence-electron chi connectivity index (χ3n) is 10.2. The van der Waals surface area contributed by atoms with E-state index in [4.69, 9.17) is 23.7 Å². The molecular formula is C39H64O7. The van der Waals surface area contributed by atoms with E-state index < -0.39 is 12.2 Å². The summed E-state index contributed by atoms with van der Waals surface area (Å²) in [5.74, 6) is -0.495. The zero-order chi connectivity index (χ0) is 32.6. The summed E-state index contributed by atoms with van der Waals surface area (Å²) in [4.78, 5) is 25.4. The van der Waals surface area contributed by atoms with Crippen molar-refractivity contribution in [2.75, 3.05) is 0 Å². The van der Waals surface area contributed by atoms with E-state index >= 15 is 0 Å². The van der Waals surface area contributed by atoms with Gasteiger partial charge in [-0.25, -0.2) is 0 Å². The number of ether oxygens (including phenoxy) is 5. The predicted molar refractivity (Wildman–Crippen MR) is 182 cm³/mol. The second-order valence-corrected chi connectivity index (χ2v) is 14.4. The maximum atomic E-state index is 12.7. The fourth-order valence-electron chi connectivity index (χ4n) is 6.99. The van der Waals surface area contributed by atoms with Crippen LogP contribution >= 0.6 is 0 Å². The molecule has 0 aromatic carbocycles. The summed E-state index contributed by atoms with van der Waals surface area (Å²) in [7, 11) is 0. The first kappa shape index (κ1) is 37.1. The number of hydrogen-bond acceptors (Lipinski definition) is 7. The fourth-order valence-corrected chi connectivity index (χ4v) is 6.99. The second kappa shape index (κ2) is 20.0. The minimum absolute atomic E-state index is 0.0698. The molecule has 0 bridgehead atoms. The number of epoxide rings is 3. The van der Waals surface area contributed by atoms with E-state index in [0.29, 0.717) is 62.9 Å². The number of carbonyl (C=O) groups is 2. The highest BCUT2D eigenvalue weighted by Crippen LogP contribution is 2.49. The molecule has 4 rings (SSSR count). The quantitative estimate of drug-likeness (QED) is 0.0401. The van der Waals surface area contributed by atoms with Crippen LogP contribution < -0.4 is 0 Å². The normalized spacial score (nSPS) is 31.2. The third kappa shape index (κ3) is 13.8. The highest BCUT2D eigenvalue weighted by molar-refractivity contribution is 5.71. The van der Waals surface area contributed by atoms with E-state index in [-0.39, 0.29) is 23.6 Å². The minimum Gasteiger partial charge on any atom is -0.458 e. The summed E-state index contributed by atoms with van der Waals surface area (Å²) in [5.41, 5.74) is -0.273. The van der Waals surface area contributed by atoms with Crippen molar-refractivity contribution in [3.63, 3.8) is 0 Å². The van der Waals surface area contributed by atoms with Crippen molar-refractivity contribution in [3.8, 4) is 0 Å². The summed E-state index contributed by atoms with van der Waals surface area (Å²) >= 11 is 0. The number of fused-ring (bicyclic) bond motifs is 1. The Balaban J connectivity index is 1.04. The number of allylic oxidation sites excluding steroid dienone is 2. The topological polar surface area (TPSA) is 90.2 Å². The molecule has 3 aliphatic heterocycles. The van der Waals surface area contributed by atoms with Crippen LogP contribution in [-0.4, -0.2) is 60.3 Å². The summed E-state index contributed by atoms with van der Waals surface area (Å²) in [6, 6.07) is 0. The highest BCUT2D eigenvalue weighted by Gasteiger charge is 2.60. The average Bonchev–Trinajstić information content (AvgIpc) is 3.97. The Morgan fingerprint density at radius 1 is 0.652 bits per heavy atom. The summed E-state index contributed by atoms with van der Waals surface area (Å²) in [5, 5.41) is 0. The van der Waals surface area contributed by atoms with Gasteiger partial charge in [-0.3, -0.25) is 9.59 Å². The number of carbonyl (C=O) groups excluding carboxylic acids is 2. The van der Waals surface area contributed by atoms with E-state index in [1.54, 1.807) is 0 Å². The van der Waals surface area contributed by atoms with Gasteiger partial charge >= 0.3 is 11.9 Å². The van der Waals surface area contributed by atoms with Crippen molar-refractivity contribution in [1.29, 1.82) is 0 Å². The molecule has 46 heavy (non-hydrogen) atoms. The molecule has 0 amide bonds. The van der Waals surface area contributed by atoms with Crippen molar-refractivity contribution in [1.82, 2.24) is 0 Å². The molecule has 1 aliphatic carbocycles. The lowest BCUT2D eigenvalue weighted by atomic mass is 9.86. The standard InChI is InChI=1S/C39H64O7/c1-4-6-8-10-12-16-22-30-32(42-30)24-18-14-20-26-37(40)44-34-28-36-39(3,46-36)29-35(34)45-38(41)27-21-15-19-25-33-31(43-33)23-17-13-11-9-7-5-2/h14-15,18-19,30-36H,4-13,16-17,20-29H2,1-3H3. The first-order valence-electron chi connectivity index (χ1n) is 19.1. The van der Waals surface area contributed by atoms with Gasteiger partial charge < -0.3 is 23.7 Å². The lowest BCUT2D eigenvalue weighted by molar-refractivity contribution is -0.171. The van der Waals surface area contributed by atoms with Gasteiger partial charge in [-0.05, 0) is 45.4 Å². The lowest BCUT2D eigenvalue weighted by Crippen LogP contribution is -2.43. The van der Waals surface area contributed by atoms with E-state index in [0.717, 1.165) is 12.8 Å². The molecule has 262 valence electrons. The number of unbranched alkanes of at least 4 members (excludes halogenated alkanes) is 10. The summed E-state index contributed by atoms with van der Waals surface area (Å²) < 4.78 is 29.2. The van der Waals surface area contributed by atoms with Crippen molar-refractivity contribution in [2.24, 2.45) is 0 Å². The highest BCUT2D eigenvalue weighted by atomic mass is 16.6. The average molecular weight is 645 g/mol. The van der Waals surface area contributed by atoms with Crippen LogP contribution in [0.2, 0.25) is 0 Å². The molecule has 0 spiro atoms. The zero-order valence-electron chi connectivity index (χ0n) is 29.3. The Hall–Kier alpha value is -1.70. The van der Waals surface area contributed by atoms with Gasteiger partial charge in [-0.1, -0.05) is 115 Å². The van der Waals surface area contributed by atoms with E-state index in [1.807, 2.05) is 6.92 Å². The van der Waals surface area contributed by atoms with Gasteiger partial charge in [0.15, 0.2) is 0 Å². The third-order valence-corrected chi connectivity index (χ3v) is 10.2. The monoisotopic (exact) mass is 644 g/mol. The molecule has 8 atom stereocenters. The van der Waals surface area contributed by atoms with Gasteiger partial charge in [0, 0.05) is 25.7 Å². The van der Waals surface area contributed by atoms with Crippen molar-refractivity contribution >= 4 is 11.9 Å². The number of hydrogen-bond donors (Lipinski definition) is 0. The van der Waals surface area contributed by atoms with Crippen LogP contribution in [0.3, 0.4) is 0 Å². The van der Waals surface area contributed by atoms with E-state index in [2.05, 4.69) is 38.2 Å². The van der Waals surface area contributed by atoms with Gasteiger partial charge in [0.1, 0.15) is 12.2 Å². The van der Waals surface area contributed by atoms with Crippen LogP contribution in [-0.2, 0) is 33.3 Å². The first-order chi connectivity index (χ1) is 22.4. The van der Waals surface area contributed by atoms with Gasteiger partial charge in [-0.15, -0.1) is 0 Å². The predicted octanol–water partition coefficient (Wildman–Crippen LogP) is 9.25. The van der Waals surface area contributed by atoms with E-state index in [9.17, 15) is 9.59 Å².